The number of hydrazone groups is 1. The fourth-order valence-electron chi connectivity index (χ4n) is 2.05. The Morgan fingerprint density at radius 2 is 2.20 bits per heavy atom. The van der Waals surface area contributed by atoms with E-state index < -0.39 is 5.91 Å². The Hall–Kier alpha value is -2.44. The first-order valence-electron chi connectivity index (χ1n) is 7.57. The lowest BCUT2D eigenvalue weighted by atomic mass is 10.2. The smallest absolute Gasteiger partial charge is 0.260 e. The van der Waals surface area contributed by atoms with E-state index in [0.29, 0.717) is 36.5 Å². The van der Waals surface area contributed by atoms with Gasteiger partial charge >= 0.3 is 0 Å². The second-order valence-electron chi connectivity index (χ2n) is 5.10. The van der Waals surface area contributed by atoms with Crippen LogP contribution in [0.2, 0.25) is 0 Å². The third-order valence-electron chi connectivity index (χ3n) is 3.31. The van der Waals surface area contributed by atoms with Crippen LogP contribution in [0.5, 0.6) is 5.75 Å². The van der Waals surface area contributed by atoms with Crippen LogP contribution in [0.1, 0.15) is 12.0 Å². The number of hydrogen-bond donors (Lipinski definition) is 1. The molecular formula is C16H17BrN4O4. The normalized spacial score (nSPS) is 14.2. The molecule has 1 fully saturated rings. The number of carbonyl (C=O) groups excluding carboxylic acids is 2. The summed E-state index contributed by atoms with van der Waals surface area (Å²) in [6.45, 7) is 2.21. The number of nitriles is 1. The van der Waals surface area contributed by atoms with Crippen LogP contribution in [-0.2, 0) is 14.3 Å². The fraction of sp³-hybridized carbons (Fsp3) is 0.375. The molecule has 0 spiro atoms. The predicted octanol–water partition coefficient (Wildman–Crippen LogP) is 1.05. The van der Waals surface area contributed by atoms with Crippen LogP contribution in [0.4, 0.5) is 0 Å². The maximum atomic E-state index is 12.1. The van der Waals surface area contributed by atoms with Gasteiger partial charge in [0.2, 0.25) is 0 Å². The van der Waals surface area contributed by atoms with Gasteiger partial charge in [0.15, 0.2) is 6.61 Å². The summed E-state index contributed by atoms with van der Waals surface area (Å²) < 4.78 is 11.4. The summed E-state index contributed by atoms with van der Waals surface area (Å²) >= 11 is 3.38. The highest BCUT2D eigenvalue weighted by atomic mass is 79.9. The molecule has 1 aromatic carbocycles. The van der Waals surface area contributed by atoms with Crippen LogP contribution < -0.4 is 10.2 Å². The predicted molar refractivity (Wildman–Crippen MR) is 93.0 cm³/mol. The topological polar surface area (TPSA) is 104 Å². The average molecular weight is 409 g/mol. The molecule has 1 aromatic rings. The first-order valence-corrected chi connectivity index (χ1v) is 8.36. The Morgan fingerprint density at radius 3 is 2.88 bits per heavy atom. The number of nitrogens with zero attached hydrogens (tertiary/aromatic N) is 3. The zero-order valence-corrected chi connectivity index (χ0v) is 15.0. The molecule has 0 aliphatic carbocycles. The van der Waals surface area contributed by atoms with E-state index in [2.05, 4.69) is 26.5 Å². The zero-order valence-electron chi connectivity index (χ0n) is 13.4. The number of benzene rings is 1. The molecule has 132 valence electrons. The molecule has 8 nitrogen and oxygen atoms in total. The summed E-state index contributed by atoms with van der Waals surface area (Å²) in [4.78, 5) is 24.9. The number of carbonyl (C=O) groups is 2. The van der Waals surface area contributed by atoms with Crippen LogP contribution >= 0.6 is 15.9 Å². The summed E-state index contributed by atoms with van der Waals surface area (Å²) in [7, 11) is 0. The Labute approximate surface area is 153 Å². The highest BCUT2D eigenvalue weighted by Gasteiger charge is 2.17. The number of ether oxygens (including phenoxy) is 2. The minimum Gasteiger partial charge on any atom is -0.483 e. The summed E-state index contributed by atoms with van der Waals surface area (Å²) in [5.74, 6) is -0.0206. The van der Waals surface area contributed by atoms with Crippen LogP contribution in [0.3, 0.4) is 0 Å². The molecule has 0 aromatic heterocycles. The molecule has 1 aliphatic heterocycles. The number of amides is 2. The highest BCUT2D eigenvalue weighted by Crippen LogP contribution is 2.25. The first kappa shape index (κ1) is 18.9. The van der Waals surface area contributed by atoms with Gasteiger partial charge in [-0.3, -0.25) is 9.59 Å². The molecule has 1 heterocycles. The van der Waals surface area contributed by atoms with Gasteiger partial charge in [0.05, 0.1) is 30.0 Å². The SMILES string of the molecule is N#CCC(=O)NN=Cc1ccc(OCC(=O)N2CCOCC2)c(Br)c1. The summed E-state index contributed by atoms with van der Waals surface area (Å²) in [6, 6.07) is 6.92. The molecule has 0 bridgehead atoms. The Morgan fingerprint density at radius 1 is 1.44 bits per heavy atom. The molecule has 25 heavy (non-hydrogen) atoms. The lowest BCUT2D eigenvalue weighted by molar-refractivity contribution is -0.137. The minimum atomic E-state index is -0.473. The van der Waals surface area contributed by atoms with Gasteiger partial charge < -0.3 is 14.4 Å². The van der Waals surface area contributed by atoms with Gasteiger partial charge in [0.1, 0.15) is 12.2 Å². The van der Waals surface area contributed by atoms with Gasteiger partial charge in [0, 0.05) is 13.1 Å². The van der Waals surface area contributed by atoms with Crippen molar-refractivity contribution in [1.82, 2.24) is 10.3 Å². The molecule has 9 heteroatoms. The van der Waals surface area contributed by atoms with E-state index in [0.717, 1.165) is 5.56 Å². The number of hydrogen-bond acceptors (Lipinski definition) is 6. The standard InChI is InChI=1S/C16H17BrN4O4/c17-13-9-12(10-19-20-15(22)3-4-18)1-2-14(13)25-11-16(23)21-5-7-24-8-6-21/h1-2,9-10H,3,5-8,11H2,(H,20,22). The van der Waals surface area contributed by atoms with Gasteiger partial charge in [0.25, 0.3) is 11.8 Å². The lowest BCUT2D eigenvalue weighted by Gasteiger charge is -2.26. The molecule has 2 rings (SSSR count). The monoisotopic (exact) mass is 408 g/mol. The van der Waals surface area contributed by atoms with E-state index in [1.165, 1.54) is 6.21 Å². The molecule has 0 unspecified atom stereocenters. The van der Waals surface area contributed by atoms with Crippen LogP contribution in [0, 0.1) is 11.3 Å². The number of rotatable bonds is 6. The molecular weight excluding hydrogens is 392 g/mol. The van der Waals surface area contributed by atoms with Gasteiger partial charge in [-0.25, -0.2) is 5.43 Å². The molecule has 0 atom stereocenters. The number of nitrogens with one attached hydrogen (secondary N) is 1. The number of halogens is 1. The van der Waals surface area contributed by atoms with Crippen molar-refractivity contribution in [3.05, 3.63) is 28.2 Å². The highest BCUT2D eigenvalue weighted by molar-refractivity contribution is 9.10. The van der Waals surface area contributed by atoms with Crippen molar-refractivity contribution < 1.29 is 19.1 Å². The van der Waals surface area contributed by atoms with Gasteiger partial charge in [-0.1, -0.05) is 0 Å². The van der Waals surface area contributed by atoms with Crippen molar-refractivity contribution in [3.63, 3.8) is 0 Å². The third-order valence-corrected chi connectivity index (χ3v) is 3.93. The fourth-order valence-corrected chi connectivity index (χ4v) is 2.56. The zero-order chi connectivity index (χ0) is 18.1. The Balaban J connectivity index is 1.86. The quantitative estimate of drug-likeness (QED) is 0.559. The van der Waals surface area contributed by atoms with E-state index in [-0.39, 0.29) is 18.9 Å². The van der Waals surface area contributed by atoms with Crippen LogP contribution in [-0.4, -0.2) is 55.8 Å². The molecule has 1 saturated heterocycles. The largest absolute Gasteiger partial charge is 0.483 e. The third kappa shape index (κ3) is 6.17. The second-order valence-corrected chi connectivity index (χ2v) is 5.95. The van der Waals surface area contributed by atoms with Crippen molar-refractivity contribution >= 4 is 34.0 Å². The summed E-state index contributed by atoms with van der Waals surface area (Å²) in [6.07, 6.45) is 1.20. The maximum absolute atomic E-state index is 12.1. The molecule has 1 aliphatic rings. The van der Waals surface area contributed by atoms with Crippen molar-refractivity contribution in [2.45, 2.75) is 6.42 Å². The van der Waals surface area contributed by atoms with E-state index >= 15 is 0 Å². The second kappa shape index (κ2) is 9.76. The molecule has 0 radical (unpaired) electrons. The van der Waals surface area contributed by atoms with E-state index in [4.69, 9.17) is 14.7 Å². The first-order chi connectivity index (χ1) is 12.1. The van der Waals surface area contributed by atoms with E-state index in [9.17, 15) is 9.59 Å². The van der Waals surface area contributed by atoms with Gasteiger partial charge in [-0.05, 0) is 39.7 Å². The average Bonchev–Trinajstić information content (AvgIpc) is 2.62. The van der Waals surface area contributed by atoms with Crippen molar-refractivity contribution in [2.24, 2.45) is 5.10 Å². The summed E-state index contributed by atoms with van der Waals surface area (Å²) in [5.41, 5.74) is 2.96. The van der Waals surface area contributed by atoms with E-state index in [1.54, 1.807) is 29.2 Å². The van der Waals surface area contributed by atoms with Crippen LogP contribution in [0.15, 0.2) is 27.8 Å². The molecule has 2 amide bonds. The Kier molecular flexibility index (Phi) is 7.37. The van der Waals surface area contributed by atoms with Crippen molar-refractivity contribution in [2.75, 3.05) is 32.9 Å². The van der Waals surface area contributed by atoms with Gasteiger partial charge in [-0.15, -0.1) is 0 Å². The van der Waals surface area contributed by atoms with Crippen molar-refractivity contribution in [1.29, 1.82) is 5.26 Å². The van der Waals surface area contributed by atoms with Crippen LogP contribution in [0.25, 0.3) is 0 Å². The Bertz CT molecular complexity index is 696. The lowest BCUT2D eigenvalue weighted by Crippen LogP contribution is -2.43. The van der Waals surface area contributed by atoms with E-state index in [1.807, 2.05) is 0 Å². The van der Waals surface area contributed by atoms with Crippen molar-refractivity contribution in [3.8, 4) is 11.8 Å². The number of morpholine rings is 1. The minimum absolute atomic E-state index is 0.0454. The molecule has 1 N–H and O–H groups in total. The maximum Gasteiger partial charge on any atom is 0.260 e. The van der Waals surface area contributed by atoms with Gasteiger partial charge in [-0.2, -0.15) is 10.4 Å². The molecule has 0 saturated carbocycles. The summed E-state index contributed by atoms with van der Waals surface area (Å²) in [5, 5.41) is 12.1.